The van der Waals surface area contributed by atoms with Crippen molar-refractivity contribution in [2.45, 2.75) is 76.9 Å². The smallest absolute Gasteiger partial charge is 0.268 e. The van der Waals surface area contributed by atoms with Gasteiger partial charge in [-0.1, -0.05) is 46.0 Å². The standard InChI is InChI=1S/C13H26O3S/c1-3-5-8-12(17(14,15)16)13(9-6-4-2)10-7-11-13/h12H,3-11H2,1-2H3,(H,14,15,16). The van der Waals surface area contributed by atoms with E-state index in [1.165, 1.54) is 0 Å². The zero-order valence-corrected chi connectivity index (χ0v) is 11.9. The minimum absolute atomic E-state index is 0.112. The first-order valence-electron chi connectivity index (χ1n) is 6.92. The van der Waals surface area contributed by atoms with Crippen LogP contribution in [0.4, 0.5) is 0 Å². The highest BCUT2D eigenvalue weighted by Gasteiger charge is 2.48. The molecule has 17 heavy (non-hydrogen) atoms. The summed E-state index contributed by atoms with van der Waals surface area (Å²) in [5.74, 6) is 0. The molecule has 0 spiro atoms. The summed E-state index contributed by atoms with van der Waals surface area (Å²) < 4.78 is 32.7. The molecule has 1 aliphatic carbocycles. The summed E-state index contributed by atoms with van der Waals surface area (Å²) in [7, 11) is -3.89. The van der Waals surface area contributed by atoms with E-state index in [-0.39, 0.29) is 5.41 Å². The van der Waals surface area contributed by atoms with Crippen LogP contribution in [0.5, 0.6) is 0 Å². The van der Waals surface area contributed by atoms with Crippen LogP contribution in [0.1, 0.15) is 71.6 Å². The Bertz CT molecular complexity index is 318. The molecule has 0 aromatic rings. The van der Waals surface area contributed by atoms with Gasteiger partial charge in [0.25, 0.3) is 10.1 Å². The molecule has 0 bridgehead atoms. The second-order valence-electron chi connectivity index (χ2n) is 5.47. The zero-order chi connectivity index (χ0) is 12.9. The summed E-state index contributed by atoms with van der Waals surface area (Å²) >= 11 is 0. The van der Waals surface area contributed by atoms with Crippen molar-refractivity contribution in [3.8, 4) is 0 Å². The number of hydrogen-bond donors (Lipinski definition) is 1. The molecule has 0 aromatic heterocycles. The van der Waals surface area contributed by atoms with Gasteiger partial charge >= 0.3 is 0 Å². The fraction of sp³-hybridized carbons (Fsp3) is 1.00. The second kappa shape index (κ2) is 6.19. The van der Waals surface area contributed by atoms with Gasteiger partial charge in [0.05, 0.1) is 5.25 Å². The van der Waals surface area contributed by atoms with Gasteiger partial charge in [-0.15, -0.1) is 0 Å². The first kappa shape index (κ1) is 15.0. The van der Waals surface area contributed by atoms with E-state index in [9.17, 15) is 13.0 Å². The minimum atomic E-state index is -3.89. The Morgan fingerprint density at radius 2 is 1.76 bits per heavy atom. The molecule has 1 unspecified atom stereocenters. The van der Waals surface area contributed by atoms with Gasteiger partial charge in [-0.3, -0.25) is 4.55 Å². The van der Waals surface area contributed by atoms with Crippen molar-refractivity contribution in [1.82, 2.24) is 0 Å². The fourth-order valence-electron chi connectivity index (χ4n) is 3.05. The Morgan fingerprint density at radius 3 is 2.12 bits per heavy atom. The van der Waals surface area contributed by atoms with Crippen LogP contribution in [-0.2, 0) is 10.1 Å². The first-order chi connectivity index (χ1) is 7.96. The molecule has 1 N–H and O–H groups in total. The summed E-state index contributed by atoms with van der Waals surface area (Å²) in [5.41, 5.74) is -0.112. The van der Waals surface area contributed by atoms with Gasteiger partial charge in [-0.2, -0.15) is 8.42 Å². The maximum absolute atomic E-state index is 11.6. The third-order valence-electron chi connectivity index (χ3n) is 4.24. The monoisotopic (exact) mass is 262 g/mol. The molecule has 1 rings (SSSR count). The van der Waals surface area contributed by atoms with Crippen molar-refractivity contribution < 1.29 is 13.0 Å². The SMILES string of the molecule is CCCCC(C1(CCCC)CCC1)S(=O)(=O)O. The average Bonchev–Trinajstić information content (AvgIpc) is 2.18. The Labute approximate surface area is 106 Å². The zero-order valence-electron chi connectivity index (χ0n) is 11.1. The van der Waals surface area contributed by atoms with E-state index in [0.29, 0.717) is 6.42 Å². The van der Waals surface area contributed by atoms with Crippen molar-refractivity contribution in [1.29, 1.82) is 0 Å². The Balaban J connectivity index is 2.78. The summed E-state index contributed by atoms with van der Waals surface area (Å²) in [4.78, 5) is 0. The molecule has 0 heterocycles. The highest BCUT2D eigenvalue weighted by atomic mass is 32.2. The largest absolute Gasteiger partial charge is 0.285 e. The third-order valence-corrected chi connectivity index (χ3v) is 5.69. The lowest BCUT2D eigenvalue weighted by Gasteiger charge is -2.46. The molecular weight excluding hydrogens is 236 g/mol. The van der Waals surface area contributed by atoms with E-state index in [2.05, 4.69) is 13.8 Å². The maximum Gasteiger partial charge on any atom is 0.268 e. The average molecular weight is 262 g/mol. The van der Waals surface area contributed by atoms with Gasteiger partial charge < -0.3 is 0 Å². The quantitative estimate of drug-likeness (QED) is 0.677. The van der Waals surface area contributed by atoms with E-state index in [0.717, 1.165) is 51.4 Å². The van der Waals surface area contributed by atoms with Crippen LogP contribution in [0.15, 0.2) is 0 Å². The Morgan fingerprint density at radius 1 is 1.18 bits per heavy atom. The van der Waals surface area contributed by atoms with E-state index in [1.807, 2.05) is 0 Å². The molecule has 1 atom stereocenters. The van der Waals surface area contributed by atoms with Crippen molar-refractivity contribution >= 4 is 10.1 Å². The first-order valence-corrected chi connectivity index (χ1v) is 8.43. The minimum Gasteiger partial charge on any atom is -0.285 e. The van der Waals surface area contributed by atoms with Gasteiger partial charge in [0.2, 0.25) is 0 Å². The van der Waals surface area contributed by atoms with E-state index >= 15 is 0 Å². The number of hydrogen-bond acceptors (Lipinski definition) is 2. The Kier molecular flexibility index (Phi) is 5.45. The van der Waals surface area contributed by atoms with Crippen molar-refractivity contribution in [3.63, 3.8) is 0 Å². The third kappa shape index (κ3) is 3.68. The highest BCUT2D eigenvalue weighted by molar-refractivity contribution is 7.86. The molecule has 3 nitrogen and oxygen atoms in total. The lowest BCUT2D eigenvalue weighted by molar-refractivity contribution is 0.0990. The van der Waals surface area contributed by atoms with Crippen LogP contribution >= 0.6 is 0 Å². The summed E-state index contributed by atoms with van der Waals surface area (Å²) in [6.07, 6.45) is 8.67. The maximum atomic E-state index is 11.6. The molecule has 4 heteroatoms. The molecule has 102 valence electrons. The van der Waals surface area contributed by atoms with Crippen molar-refractivity contribution in [3.05, 3.63) is 0 Å². The number of unbranched alkanes of at least 4 members (excludes halogenated alkanes) is 2. The predicted octanol–water partition coefficient (Wildman–Crippen LogP) is 3.79. The van der Waals surface area contributed by atoms with Crippen LogP contribution in [-0.4, -0.2) is 18.2 Å². The van der Waals surface area contributed by atoms with Crippen molar-refractivity contribution in [2.24, 2.45) is 5.41 Å². The van der Waals surface area contributed by atoms with E-state index in [1.54, 1.807) is 0 Å². The summed E-state index contributed by atoms with van der Waals surface area (Å²) in [6, 6.07) is 0. The molecule has 1 fully saturated rings. The van der Waals surface area contributed by atoms with Crippen LogP contribution in [0, 0.1) is 5.41 Å². The van der Waals surface area contributed by atoms with E-state index in [4.69, 9.17) is 0 Å². The van der Waals surface area contributed by atoms with Gasteiger partial charge in [-0.05, 0) is 31.1 Å². The van der Waals surface area contributed by atoms with Gasteiger partial charge in [0.1, 0.15) is 0 Å². The molecule has 0 saturated heterocycles. The fourth-order valence-corrected chi connectivity index (χ4v) is 4.50. The second-order valence-corrected chi connectivity index (χ2v) is 7.06. The van der Waals surface area contributed by atoms with Gasteiger partial charge in [0.15, 0.2) is 0 Å². The number of rotatable bonds is 8. The van der Waals surface area contributed by atoms with Crippen LogP contribution < -0.4 is 0 Å². The van der Waals surface area contributed by atoms with Gasteiger partial charge in [-0.25, -0.2) is 0 Å². The molecule has 1 aliphatic rings. The molecule has 0 amide bonds. The molecule has 0 aromatic carbocycles. The Hall–Kier alpha value is -0.0900. The molecule has 1 saturated carbocycles. The van der Waals surface area contributed by atoms with Crippen LogP contribution in [0.3, 0.4) is 0 Å². The van der Waals surface area contributed by atoms with Crippen LogP contribution in [0.25, 0.3) is 0 Å². The molecular formula is C13H26O3S. The lowest BCUT2D eigenvalue weighted by Crippen LogP contribution is -2.45. The predicted molar refractivity (Wildman–Crippen MR) is 70.7 cm³/mol. The van der Waals surface area contributed by atoms with Crippen molar-refractivity contribution in [2.75, 3.05) is 0 Å². The lowest BCUT2D eigenvalue weighted by atomic mass is 9.63. The summed E-state index contributed by atoms with van der Waals surface area (Å²) in [6.45, 7) is 4.18. The van der Waals surface area contributed by atoms with E-state index < -0.39 is 15.4 Å². The summed E-state index contributed by atoms with van der Waals surface area (Å²) in [5, 5.41) is -0.518. The van der Waals surface area contributed by atoms with Crippen LogP contribution in [0.2, 0.25) is 0 Å². The highest BCUT2D eigenvalue weighted by Crippen LogP contribution is 2.51. The topological polar surface area (TPSA) is 54.4 Å². The molecule has 0 aliphatic heterocycles. The molecule has 0 radical (unpaired) electrons. The normalized spacial score (nSPS) is 20.9. The van der Waals surface area contributed by atoms with Gasteiger partial charge in [0, 0.05) is 0 Å².